The van der Waals surface area contributed by atoms with Crippen molar-refractivity contribution < 1.29 is 4.39 Å². The molecular formula is C14H21ClFN. The third-order valence-corrected chi connectivity index (χ3v) is 3.39. The minimum absolute atomic E-state index is 0.148. The molecule has 0 saturated heterocycles. The van der Waals surface area contributed by atoms with Crippen LogP contribution in [0.5, 0.6) is 0 Å². The van der Waals surface area contributed by atoms with Gasteiger partial charge in [0.05, 0.1) is 0 Å². The number of hydrogen-bond donors (Lipinski definition) is 1. The molecule has 17 heavy (non-hydrogen) atoms. The van der Waals surface area contributed by atoms with Crippen molar-refractivity contribution in [3.63, 3.8) is 0 Å². The van der Waals surface area contributed by atoms with Crippen LogP contribution in [0.1, 0.15) is 26.3 Å². The molecule has 3 heteroatoms. The van der Waals surface area contributed by atoms with Crippen LogP contribution in [0, 0.1) is 17.2 Å². The maximum Gasteiger partial charge on any atom is 0.127 e. The molecule has 0 aliphatic heterocycles. The molecule has 0 radical (unpaired) electrons. The highest BCUT2D eigenvalue weighted by molar-refractivity contribution is 6.30. The summed E-state index contributed by atoms with van der Waals surface area (Å²) in [7, 11) is 1.93. The highest BCUT2D eigenvalue weighted by Gasteiger charge is 2.25. The molecule has 1 rings (SSSR count). The third kappa shape index (κ3) is 4.29. The first-order valence-electron chi connectivity index (χ1n) is 5.93. The first-order valence-corrected chi connectivity index (χ1v) is 6.31. The molecule has 1 nitrogen and oxygen atoms in total. The number of hydrogen-bond acceptors (Lipinski definition) is 1. The first-order chi connectivity index (χ1) is 7.84. The van der Waals surface area contributed by atoms with E-state index in [1.807, 2.05) is 7.05 Å². The Morgan fingerprint density at radius 2 is 2.00 bits per heavy atom. The molecule has 96 valence electrons. The van der Waals surface area contributed by atoms with Crippen molar-refractivity contribution in [1.29, 1.82) is 0 Å². The molecule has 0 aromatic heterocycles. The van der Waals surface area contributed by atoms with E-state index in [4.69, 9.17) is 11.6 Å². The normalized spacial score (nSPS) is 13.8. The highest BCUT2D eigenvalue weighted by Crippen LogP contribution is 2.29. The molecule has 1 N–H and O–H groups in total. The zero-order valence-corrected chi connectivity index (χ0v) is 11.7. The minimum atomic E-state index is -0.206. The largest absolute Gasteiger partial charge is 0.319 e. The average Bonchev–Trinajstić information content (AvgIpc) is 2.19. The van der Waals surface area contributed by atoms with Gasteiger partial charge in [-0.25, -0.2) is 4.39 Å². The first kappa shape index (κ1) is 14.5. The number of halogens is 2. The summed E-state index contributed by atoms with van der Waals surface area (Å²) < 4.78 is 13.7. The van der Waals surface area contributed by atoms with Gasteiger partial charge in [-0.2, -0.15) is 0 Å². The van der Waals surface area contributed by atoms with E-state index in [1.54, 1.807) is 12.1 Å². The van der Waals surface area contributed by atoms with Crippen molar-refractivity contribution in [1.82, 2.24) is 5.32 Å². The fourth-order valence-electron chi connectivity index (χ4n) is 1.88. The van der Waals surface area contributed by atoms with E-state index in [1.165, 1.54) is 6.07 Å². The van der Waals surface area contributed by atoms with Crippen molar-refractivity contribution >= 4 is 11.6 Å². The van der Waals surface area contributed by atoms with Crippen LogP contribution >= 0.6 is 11.6 Å². The van der Waals surface area contributed by atoms with Gasteiger partial charge in [0.1, 0.15) is 5.82 Å². The van der Waals surface area contributed by atoms with Crippen molar-refractivity contribution in [2.75, 3.05) is 13.6 Å². The van der Waals surface area contributed by atoms with Gasteiger partial charge in [-0.3, -0.25) is 0 Å². The average molecular weight is 258 g/mol. The summed E-state index contributed by atoms with van der Waals surface area (Å²) in [6, 6.07) is 4.92. The second-order valence-corrected chi connectivity index (χ2v) is 6.00. The maximum absolute atomic E-state index is 13.7. The van der Waals surface area contributed by atoms with Crippen molar-refractivity contribution in [2.45, 2.75) is 27.2 Å². The van der Waals surface area contributed by atoms with Crippen LogP contribution in [0.4, 0.5) is 4.39 Å². The summed E-state index contributed by atoms with van der Waals surface area (Å²) >= 11 is 5.75. The van der Waals surface area contributed by atoms with Crippen LogP contribution in [0.3, 0.4) is 0 Å². The Labute approximate surface area is 108 Å². The monoisotopic (exact) mass is 257 g/mol. The third-order valence-electron chi connectivity index (χ3n) is 3.16. The quantitative estimate of drug-likeness (QED) is 0.863. The van der Waals surface area contributed by atoms with Crippen molar-refractivity contribution in [3.8, 4) is 0 Å². The lowest BCUT2D eigenvalue weighted by molar-refractivity contribution is 0.233. The van der Waals surface area contributed by atoms with Gasteiger partial charge >= 0.3 is 0 Å². The molecule has 0 heterocycles. The van der Waals surface area contributed by atoms with Crippen LogP contribution in [0.25, 0.3) is 0 Å². The lowest BCUT2D eigenvalue weighted by Gasteiger charge is -2.31. The minimum Gasteiger partial charge on any atom is -0.319 e. The Morgan fingerprint density at radius 1 is 1.35 bits per heavy atom. The molecule has 1 atom stereocenters. The topological polar surface area (TPSA) is 12.0 Å². The maximum atomic E-state index is 13.7. The molecule has 0 spiro atoms. The fraction of sp³-hybridized carbons (Fsp3) is 0.571. The van der Waals surface area contributed by atoms with E-state index < -0.39 is 0 Å². The SMILES string of the molecule is CNCC(Cc1ccc(Cl)cc1F)C(C)(C)C. The lowest BCUT2D eigenvalue weighted by Crippen LogP contribution is -2.32. The number of nitrogens with one attached hydrogen (secondary N) is 1. The number of rotatable bonds is 4. The van der Waals surface area contributed by atoms with Crippen LogP contribution < -0.4 is 5.32 Å². The molecule has 0 saturated carbocycles. The van der Waals surface area contributed by atoms with E-state index in [0.29, 0.717) is 10.9 Å². The van der Waals surface area contributed by atoms with Gasteiger partial charge in [0, 0.05) is 5.02 Å². The van der Waals surface area contributed by atoms with Gasteiger partial charge in [-0.05, 0) is 49.0 Å². The molecule has 0 bridgehead atoms. The van der Waals surface area contributed by atoms with E-state index in [0.717, 1.165) is 18.5 Å². The summed E-state index contributed by atoms with van der Waals surface area (Å²) in [5.41, 5.74) is 0.888. The van der Waals surface area contributed by atoms with E-state index >= 15 is 0 Å². The molecule has 1 unspecified atom stereocenters. The van der Waals surface area contributed by atoms with Gasteiger partial charge < -0.3 is 5.32 Å². The fourth-order valence-corrected chi connectivity index (χ4v) is 2.04. The van der Waals surface area contributed by atoms with Crippen LogP contribution in [0.2, 0.25) is 5.02 Å². The predicted octanol–water partition coefficient (Wildman–Crippen LogP) is 3.90. The Hall–Kier alpha value is -0.600. The summed E-state index contributed by atoms with van der Waals surface area (Å²) in [4.78, 5) is 0. The molecule has 0 aliphatic rings. The second kappa shape index (κ2) is 5.83. The molecule has 0 fully saturated rings. The molecule has 0 amide bonds. The van der Waals surface area contributed by atoms with Crippen LogP contribution in [-0.2, 0) is 6.42 Å². The van der Waals surface area contributed by atoms with Crippen molar-refractivity contribution in [3.05, 3.63) is 34.6 Å². The summed E-state index contributed by atoms with van der Waals surface area (Å²) in [6.07, 6.45) is 0.730. The second-order valence-electron chi connectivity index (χ2n) is 5.56. The smallest absolute Gasteiger partial charge is 0.127 e. The highest BCUT2D eigenvalue weighted by atomic mass is 35.5. The Morgan fingerprint density at radius 3 is 2.47 bits per heavy atom. The van der Waals surface area contributed by atoms with Crippen molar-refractivity contribution in [2.24, 2.45) is 11.3 Å². The Balaban J connectivity index is 2.86. The molecule has 0 aliphatic carbocycles. The van der Waals surface area contributed by atoms with Crippen LogP contribution in [-0.4, -0.2) is 13.6 Å². The van der Waals surface area contributed by atoms with Gasteiger partial charge in [0.2, 0.25) is 0 Å². The Kier molecular flexibility index (Phi) is 4.96. The zero-order chi connectivity index (χ0) is 13.1. The summed E-state index contributed by atoms with van der Waals surface area (Å²) in [5.74, 6) is 0.186. The van der Waals surface area contributed by atoms with Gasteiger partial charge in [-0.1, -0.05) is 38.4 Å². The summed E-state index contributed by atoms with van der Waals surface area (Å²) in [5, 5.41) is 3.63. The Bertz CT molecular complexity index is 371. The molecule has 1 aromatic rings. The van der Waals surface area contributed by atoms with E-state index in [9.17, 15) is 4.39 Å². The standard InChI is InChI=1S/C14H21ClFN/c1-14(2,3)11(9-17-4)7-10-5-6-12(15)8-13(10)16/h5-6,8,11,17H,7,9H2,1-4H3. The summed E-state index contributed by atoms with van der Waals surface area (Å²) in [6.45, 7) is 7.43. The number of benzene rings is 1. The van der Waals surface area contributed by atoms with Gasteiger partial charge in [0.15, 0.2) is 0 Å². The van der Waals surface area contributed by atoms with E-state index in [2.05, 4.69) is 26.1 Å². The van der Waals surface area contributed by atoms with Crippen LogP contribution in [0.15, 0.2) is 18.2 Å². The predicted molar refractivity (Wildman–Crippen MR) is 72.0 cm³/mol. The van der Waals surface area contributed by atoms with Gasteiger partial charge in [-0.15, -0.1) is 0 Å². The lowest BCUT2D eigenvalue weighted by atomic mass is 9.77. The van der Waals surface area contributed by atoms with Gasteiger partial charge in [0.25, 0.3) is 0 Å². The zero-order valence-electron chi connectivity index (χ0n) is 11.0. The van der Waals surface area contributed by atoms with E-state index in [-0.39, 0.29) is 11.2 Å². The molecule has 1 aromatic carbocycles. The molecular weight excluding hydrogens is 237 g/mol.